The summed E-state index contributed by atoms with van der Waals surface area (Å²) in [5.41, 5.74) is -1.57. The van der Waals surface area contributed by atoms with Gasteiger partial charge in [-0.3, -0.25) is 4.79 Å². The van der Waals surface area contributed by atoms with E-state index in [4.69, 9.17) is 0 Å². The third-order valence-corrected chi connectivity index (χ3v) is 5.78. The van der Waals surface area contributed by atoms with Crippen LogP contribution in [0.25, 0.3) is 0 Å². The number of hydrogen-bond donors (Lipinski definition) is 1. The van der Waals surface area contributed by atoms with Gasteiger partial charge in [-0.1, -0.05) is 0 Å². The molecule has 2 fully saturated rings. The minimum atomic E-state index is -3.51. The molecule has 0 saturated heterocycles. The average molecular weight is 289 g/mol. The number of carbonyl (C=O) groups is 2. The Balaban J connectivity index is 2.53. The molecule has 2 atom stereocenters. The second-order valence-electron chi connectivity index (χ2n) is 5.56. The molecule has 0 spiro atoms. The maximum Gasteiger partial charge on any atom is 0.331 e. The van der Waals surface area contributed by atoms with Crippen LogP contribution < -0.4 is 0 Å². The molecule has 19 heavy (non-hydrogen) atoms. The number of amides is 1. The summed E-state index contributed by atoms with van der Waals surface area (Å²) in [6.45, 7) is 1.32. The summed E-state index contributed by atoms with van der Waals surface area (Å²) >= 11 is 0. The summed E-state index contributed by atoms with van der Waals surface area (Å²) < 4.78 is 23.8. The van der Waals surface area contributed by atoms with Gasteiger partial charge < -0.3 is 10.0 Å². The standard InChI is InChI=1S/C12H19NO5S/c1-8(14)13(9-5-6-9)12(11(15)16)7-3-4-10(12)19(2,17)18/h9-10H,3-7H2,1-2H3,(H,15,16). The lowest BCUT2D eigenvalue weighted by atomic mass is 9.94. The zero-order valence-electron chi connectivity index (χ0n) is 11.1. The summed E-state index contributed by atoms with van der Waals surface area (Å²) in [5.74, 6) is -1.54. The number of hydrogen-bond acceptors (Lipinski definition) is 4. The van der Waals surface area contributed by atoms with Crippen molar-refractivity contribution in [2.24, 2.45) is 0 Å². The van der Waals surface area contributed by atoms with Gasteiger partial charge in [0.1, 0.15) is 0 Å². The Morgan fingerprint density at radius 3 is 2.21 bits per heavy atom. The number of rotatable bonds is 4. The van der Waals surface area contributed by atoms with Crippen molar-refractivity contribution in [3.05, 3.63) is 0 Å². The van der Waals surface area contributed by atoms with E-state index < -0.39 is 26.6 Å². The van der Waals surface area contributed by atoms with Crippen molar-refractivity contribution >= 4 is 21.7 Å². The Morgan fingerprint density at radius 1 is 1.26 bits per heavy atom. The summed E-state index contributed by atoms with van der Waals surface area (Å²) in [7, 11) is -3.51. The molecule has 2 rings (SSSR count). The largest absolute Gasteiger partial charge is 0.479 e. The van der Waals surface area contributed by atoms with E-state index in [0.717, 1.165) is 19.1 Å². The van der Waals surface area contributed by atoms with Gasteiger partial charge in [-0.05, 0) is 32.1 Å². The molecule has 2 aliphatic carbocycles. The number of nitrogens with zero attached hydrogens (tertiary/aromatic N) is 1. The summed E-state index contributed by atoms with van der Waals surface area (Å²) in [6, 6.07) is -0.115. The Hall–Kier alpha value is -1.11. The number of sulfone groups is 1. The first-order valence-corrected chi connectivity index (χ1v) is 8.39. The van der Waals surface area contributed by atoms with Gasteiger partial charge in [0.15, 0.2) is 15.4 Å². The molecule has 0 aromatic carbocycles. The molecular weight excluding hydrogens is 270 g/mol. The monoisotopic (exact) mass is 289 g/mol. The van der Waals surface area contributed by atoms with E-state index in [1.54, 1.807) is 0 Å². The van der Waals surface area contributed by atoms with Crippen LogP contribution in [0.2, 0.25) is 0 Å². The van der Waals surface area contributed by atoms with Crippen molar-refractivity contribution in [3.8, 4) is 0 Å². The van der Waals surface area contributed by atoms with E-state index in [1.165, 1.54) is 11.8 Å². The summed E-state index contributed by atoms with van der Waals surface area (Å²) in [6.07, 6.45) is 3.61. The van der Waals surface area contributed by atoms with Crippen LogP contribution in [0, 0.1) is 0 Å². The van der Waals surface area contributed by atoms with E-state index in [0.29, 0.717) is 12.8 Å². The fourth-order valence-electron chi connectivity index (χ4n) is 3.34. The van der Waals surface area contributed by atoms with Crippen molar-refractivity contribution in [2.45, 2.75) is 55.9 Å². The molecule has 2 aliphatic rings. The highest BCUT2D eigenvalue weighted by molar-refractivity contribution is 7.91. The van der Waals surface area contributed by atoms with Crippen LogP contribution in [0.3, 0.4) is 0 Å². The highest BCUT2D eigenvalue weighted by Gasteiger charge is 2.61. The second kappa shape index (κ2) is 4.47. The fraction of sp³-hybridized carbons (Fsp3) is 0.833. The minimum Gasteiger partial charge on any atom is -0.479 e. The summed E-state index contributed by atoms with van der Waals surface area (Å²) in [4.78, 5) is 25.0. The van der Waals surface area contributed by atoms with E-state index in [9.17, 15) is 23.1 Å². The zero-order chi connectivity index (χ0) is 14.4. The lowest BCUT2D eigenvalue weighted by Crippen LogP contribution is -2.63. The van der Waals surface area contributed by atoms with Gasteiger partial charge in [-0.25, -0.2) is 13.2 Å². The SMILES string of the molecule is CC(=O)N(C1CC1)C1(C(=O)O)CCCC1S(C)(=O)=O. The smallest absolute Gasteiger partial charge is 0.331 e. The zero-order valence-corrected chi connectivity index (χ0v) is 11.9. The number of carbonyl (C=O) groups excluding carboxylic acids is 1. The maximum absolute atomic E-state index is 11.9. The molecule has 0 radical (unpaired) electrons. The lowest BCUT2D eigenvalue weighted by Gasteiger charge is -2.41. The first kappa shape index (κ1) is 14.3. The molecule has 7 heteroatoms. The van der Waals surface area contributed by atoms with Crippen molar-refractivity contribution < 1.29 is 23.1 Å². The van der Waals surface area contributed by atoms with Crippen LogP contribution >= 0.6 is 0 Å². The van der Waals surface area contributed by atoms with Crippen LogP contribution in [-0.4, -0.2) is 53.4 Å². The van der Waals surface area contributed by atoms with Gasteiger partial charge in [0.2, 0.25) is 5.91 Å². The Morgan fingerprint density at radius 2 is 1.84 bits per heavy atom. The molecule has 1 amide bonds. The normalized spacial score (nSPS) is 31.2. The molecule has 2 unspecified atom stereocenters. The first-order chi connectivity index (χ1) is 8.71. The molecule has 0 aliphatic heterocycles. The van der Waals surface area contributed by atoms with Crippen LogP contribution in [0.15, 0.2) is 0 Å². The maximum atomic E-state index is 11.9. The quantitative estimate of drug-likeness (QED) is 0.809. The van der Waals surface area contributed by atoms with Gasteiger partial charge in [0, 0.05) is 19.2 Å². The molecule has 0 aromatic rings. The lowest BCUT2D eigenvalue weighted by molar-refractivity contribution is -0.158. The fourth-order valence-corrected chi connectivity index (χ4v) is 4.98. The molecule has 0 aromatic heterocycles. The Labute approximate surface area is 112 Å². The van der Waals surface area contributed by atoms with Crippen LogP contribution in [0.1, 0.15) is 39.0 Å². The van der Waals surface area contributed by atoms with E-state index in [-0.39, 0.29) is 18.4 Å². The van der Waals surface area contributed by atoms with Crippen molar-refractivity contribution in [1.82, 2.24) is 4.90 Å². The molecule has 0 heterocycles. The molecule has 108 valence electrons. The molecule has 2 saturated carbocycles. The van der Waals surface area contributed by atoms with Gasteiger partial charge in [-0.2, -0.15) is 0 Å². The number of aliphatic carboxylic acids is 1. The van der Waals surface area contributed by atoms with Gasteiger partial charge >= 0.3 is 5.97 Å². The third kappa shape index (κ3) is 2.24. The Bertz CT molecular complexity index is 510. The van der Waals surface area contributed by atoms with Crippen molar-refractivity contribution in [3.63, 3.8) is 0 Å². The molecule has 1 N–H and O–H groups in total. The predicted molar refractivity (Wildman–Crippen MR) is 68.4 cm³/mol. The predicted octanol–water partition coefficient (Wildman–Crippen LogP) is 0.418. The van der Waals surface area contributed by atoms with E-state index in [2.05, 4.69) is 0 Å². The van der Waals surface area contributed by atoms with Crippen LogP contribution in [0.4, 0.5) is 0 Å². The molecular formula is C12H19NO5S. The minimum absolute atomic E-state index is 0.115. The van der Waals surface area contributed by atoms with Crippen LogP contribution in [-0.2, 0) is 19.4 Å². The highest BCUT2D eigenvalue weighted by atomic mass is 32.2. The van der Waals surface area contributed by atoms with E-state index >= 15 is 0 Å². The van der Waals surface area contributed by atoms with Gasteiger partial charge in [0.05, 0.1) is 5.25 Å². The van der Waals surface area contributed by atoms with Crippen LogP contribution in [0.5, 0.6) is 0 Å². The molecule has 0 bridgehead atoms. The van der Waals surface area contributed by atoms with Crippen molar-refractivity contribution in [2.75, 3.05) is 6.26 Å². The summed E-state index contributed by atoms with van der Waals surface area (Å²) in [5, 5.41) is 8.64. The Kier molecular flexibility index (Phi) is 3.36. The van der Waals surface area contributed by atoms with E-state index in [1.807, 2.05) is 0 Å². The molecule has 6 nitrogen and oxygen atoms in total. The average Bonchev–Trinajstić information content (AvgIpc) is 2.93. The first-order valence-electron chi connectivity index (χ1n) is 6.43. The third-order valence-electron chi connectivity index (χ3n) is 4.13. The highest BCUT2D eigenvalue weighted by Crippen LogP contribution is 2.45. The van der Waals surface area contributed by atoms with Crippen molar-refractivity contribution in [1.29, 1.82) is 0 Å². The number of carboxylic acid groups (broad SMARTS) is 1. The van der Waals surface area contributed by atoms with Gasteiger partial charge in [-0.15, -0.1) is 0 Å². The topological polar surface area (TPSA) is 91.8 Å². The number of carboxylic acids is 1. The second-order valence-corrected chi connectivity index (χ2v) is 7.79. The van der Waals surface area contributed by atoms with Gasteiger partial charge in [0.25, 0.3) is 0 Å².